The molecule has 37 heavy (non-hydrogen) atoms. The predicted octanol–water partition coefficient (Wildman–Crippen LogP) is 7.53. The molecule has 0 saturated heterocycles. The lowest BCUT2D eigenvalue weighted by Gasteiger charge is -2.37. The molecule has 2 atom stereocenters. The minimum absolute atomic E-state index is 0.0430. The first-order valence-electron chi connectivity index (χ1n) is 12.0. The Balaban J connectivity index is 1.83. The van der Waals surface area contributed by atoms with Gasteiger partial charge < -0.3 is 5.32 Å². The fourth-order valence-electron chi connectivity index (χ4n) is 4.58. The molecule has 1 amide bonds. The fourth-order valence-corrected chi connectivity index (χ4v) is 5.87. The van der Waals surface area contributed by atoms with Gasteiger partial charge in [0.05, 0.1) is 21.7 Å². The molecule has 0 aliphatic carbocycles. The molecule has 196 valence electrons. The van der Waals surface area contributed by atoms with Gasteiger partial charge >= 0.3 is 0 Å². The first-order valence-corrected chi connectivity index (χ1v) is 13.2. The molecule has 2 heterocycles. The number of rotatable bonds is 7. The Morgan fingerprint density at radius 2 is 1.76 bits per heavy atom. The smallest absolute Gasteiger partial charge is 0.248 e. The van der Waals surface area contributed by atoms with Gasteiger partial charge in [0, 0.05) is 17.5 Å². The lowest BCUT2D eigenvalue weighted by atomic mass is 9.78. The lowest BCUT2D eigenvalue weighted by molar-refractivity contribution is -0.126. The van der Waals surface area contributed by atoms with Crippen LogP contribution in [-0.4, -0.2) is 23.7 Å². The maximum absolute atomic E-state index is 15.1. The highest BCUT2D eigenvalue weighted by Gasteiger charge is 2.55. The second-order valence-corrected chi connectivity index (χ2v) is 12.3. The van der Waals surface area contributed by atoms with Crippen molar-refractivity contribution >= 4 is 40.2 Å². The molecule has 9 heteroatoms. The Morgan fingerprint density at radius 1 is 1.08 bits per heavy atom. The van der Waals surface area contributed by atoms with Crippen molar-refractivity contribution in [3.63, 3.8) is 0 Å². The normalized spacial score (nSPS) is 19.7. The number of hydrogen-bond donors (Lipinski definition) is 1. The highest BCUT2D eigenvalue weighted by molar-refractivity contribution is 7.16. The molecule has 3 aromatic rings. The van der Waals surface area contributed by atoms with Crippen LogP contribution in [-0.2, 0) is 4.79 Å². The molecule has 0 saturated carbocycles. The lowest BCUT2D eigenvalue weighted by Crippen LogP contribution is -2.57. The summed E-state index contributed by atoms with van der Waals surface area (Å²) in [6, 6.07) is 12.5. The Bertz CT molecular complexity index is 1320. The standard InChI is InChI=1S/C28H29ClF3N3OS/c1-27(2,3)14-5-15-33-26(36)28(4)24(22-12-13-23(29)37-22)25(17-6-8-18(30)9-7-17)34-35(28)21-11-10-19(31)16-20(21)32/h6-13,16,24H,5,14-15H2,1-4H3,(H,33,36). The van der Waals surface area contributed by atoms with Crippen molar-refractivity contribution in [2.75, 3.05) is 11.6 Å². The molecule has 1 N–H and O–H groups in total. The third kappa shape index (κ3) is 5.70. The summed E-state index contributed by atoms with van der Waals surface area (Å²) in [6.45, 7) is 8.50. The molecule has 0 bridgehead atoms. The maximum Gasteiger partial charge on any atom is 0.248 e. The number of halogens is 4. The van der Waals surface area contributed by atoms with E-state index in [0.29, 0.717) is 22.2 Å². The molecule has 4 rings (SSSR count). The Labute approximate surface area is 224 Å². The van der Waals surface area contributed by atoms with E-state index in [9.17, 15) is 13.6 Å². The number of benzene rings is 2. The van der Waals surface area contributed by atoms with E-state index < -0.39 is 28.9 Å². The summed E-state index contributed by atoms with van der Waals surface area (Å²) >= 11 is 7.57. The van der Waals surface area contributed by atoms with Gasteiger partial charge in [-0.15, -0.1) is 11.3 Å². The third-order valence-corrected chi connectivity index (χ3v) is 7.78. The molecule has 1 aromatic heterocycles. The largest absolute Gasteiger partial charge is 0.354 e. The van der Waals surface area contributed by atoms with E-state index >= 15 is 4.39 Å². The topological polar surface area (TPSA) is 44.7 Å². The minimum atomic E-state index is -1.43. The van der Waals surface area contributed by atoms with Crippen LogP contribution in [0, 0.1) is 22.9 Å². The van der Waals surface area contributed by atoms with E-state index in [4.69, 9.17) is 16.7 Å². The first kappa shape index (κ1) is 27.2. The number of thiophene rings is 1. The number of nitrogens with zero attached hydrogens (tertiary/aromatic N) is 2. The Hall–Kier alpha value is -2.84. The molecule has 0 radical (unpaired) electrons. The van der Waals surface area contributed by atoms with Gasteiger partial charge in [-0.3, -0.25) is 4.79 Å². The van der Waals surface area contributed by atoms with Crippen LogP contribution in [0.1, 0.15) is 56.9 Å². The van der Waals surface area contributed by atoms with Crippen LogP contribution in [0.15, 0.2) is 59.7 Å². The zero-order valence-corrected chi connectivity index (χ0v) is 22.7. The van der Waals surface area contributed by atoms with Gasteiger partial charge in [-0.25, -0.2) is 18.2 Å². The van der Waals surface area contributed by atoms with Crippen molar-refractivity contribution in [2.45, 2.75) is 52.0 Å². The van der Waals surface area contributed by atoms with Gasteiger partial charge in [0.2, 0.25) is 5.91 Å². The highest BCUT2D eigenvalue weighted by Crippen LogP contribution is 2.47. The molecule has 0 fully saturated rings. The third-order valence-electron chi connectivity index (χ3n) is 6.49. The van der Waals surface area contributed by atoms with Crippen molar-refractivity contribution in [3.05, 3.63) is 86.8 Å². The molecule has 2 unspecified atom stereocenters. The van der Waals surface area contributed by atoms with E-state index in [1.54, 1.807) is 25.1 Å². The second kappa shape index (κ2) is 10.5. The minimum Gasteiger partial charge on any atom is -0.354 e. The summed E-state index contributed by atoms with van der Waals surface area (Å²) < 4.78 is 43.2. The summed E-state index contributed by atoms with van der Waals surface area (Å²) in [5.41, 5.74) is -0.334. The van der Waals surface area contributed by atoms with Gasteiger partial charge in [0.25, 0.3) is 0 Å². The molecular weight excluding hydrogens is 519 g/mol. The van der Waals surface area contributed by atoms with Crippen LogP contribution in [0.2, 0.25) is 4.34 Å². The average molecular weight is 548 g/mol. The zero-order chi connectivity index (χ0) is 27.0. The number of carbonyl (C=O) groups excluding carboxylic acids is 1. The van der Waals surface area contributed by atoms with Crippen molar-refractivity contribution in [1.29, 1.82) is 0 Å². The van der Waals surface area contributed by atoms with E-state index in [1.165, 1.54) is 34.5 Å². The average Bonchev–Trinajstić information content (AvgIpc) is 3.37. The molecule has 4 nitrogen and oxygen atoms in total. The van der Waals surface area contributed by atoms with Crippen LogP contribution in [0.3, 0.4) is 0 Å². The number of carbonyl (C=O) groups is 1. The molecule has 1 aliphatic heterocycles. The highest BCUT2D eigenvalue weighted by atomic mass is 35.5. The van der Waals surface area contributed by atoms with Crippen molar-refractivity contribution < 1.29 is 18.0 Å². The fraction of sp³-hybridized carbons (Fsp3) is 0.357. The van der Waals surface area contributed by atoms with Gasteiger partial charge in [-0.2, -0.15) is 5.10 Å². The van der Waals surface area contributed by atoms with E-state index in [0.717, 1.165) is 29.9 Å². The maximum atomic E-state index is 15.1. The Morgan fingerprint density at radius 3 is 2.35 bits per heavy atom. The van der Waals surface area contributed by atoms with Crippen molar-refractivity contribution in [1.82, 2.24) is 5.32 Å². The zero-order valence-electron chi connectivity index (χ0n) is 21.1. The van der Waals surface area contributed by atoms with Crippen LogP contribution < -0.4 is 10.3 Å². The summed E-state index contributed by atoms with van der Waals surface area (Å²) in [4.78, 5) is 14.7. The van der Waals surface area contributed by atoms with E-state index in [1.807, 2.05) is 6.07 Å². The molecule has 1 aliphatic rings. The number of hydrazone groups is 1. The predicted molar refractivity (Wildman–Crippen MR) is 144 cm³/mol. The van der Waals surface area contributed by atoms with Gasteiger partial charge in [-0.05, 0) is 67.1 Å². The summed E-state index contributed by atoms with van der Waals surface area (Å²) in [6.07, 6.45) is 1.67. The first-order chi connectivity index (χ1) is 17.4. The van der Waals surface area contributed by atoms with Crippen molar-refractivity contribution in [2.24, 2.45) is 10.5 Å². The SMILES string of the molecule is CC(C)(C)CCCNC(=O)C1(C)C(c2ccc(Cl)s2)C(c2ccc(F)cc2)=NN1c1ccc(F)cc1F. The van der Waals surface area contributed by atoms with Crippen LogP contribution in [0.25, 0.3) is 0 Å². The number of amides is 1. The molecular formula is C28H29ClF3N3OS. The molecule has 0 spiro atoms. The molecule has 2 aromatic carbocycles. The quantitative estimate of drug-likeness (QED) is 0.311. The monoisotopic (exact) mass is 547 g/mol. The number of hydrogen-bond acceptors (Lipinski definition) is 4. The Kier molecular flexibility index (Phi) is 7.72. The number of nitrogens with one attached hydrogen (secondary N) is 1. The van der Waals surface area contributed by atoms with Gasteiger partial charge in [-0.1, -0.05) is 44.5 Å². The summed E-state index contributed by atoms with van der Waals surface area (Å²) in [5, 5.41) is 9.06. The summed E-state index contributed by atoms with van der Waals surface area (Å²) in [7, 11) is 0. The van der Waals surface area contributed by atoms with Crippen LogP contribution in [0.4, 0.5) is 18.9 Å². The van der Waals surface area contributed by atoms with Gasteiger partial charge in [0.1, 0.15) is 11.6 Å². The van der Waals surface area contributed by atoms with E-state index in [2.05, 4.69) is 26.1 Å². The van der Waals surface area contributed by atoms with Crippen molar-refractivity contribution in [3.8, 4) is 0 Å². The van der Waals surface area contributed by atoms with Gasteiger partial charge in [0.15, 0.2) is 11.4 Å². The van der Waals surface area contributed by atoms with Crippen LogP contribution in [0.5, 0.6) is 0 Å². The summed E-state index contributed by atoms with van der Waals surface area (Å²) in [5.74, 6) is -3.03. The van der Waals surface area contributed by atoms with E-state index in [-0.39, 0.29) is 17.0 Å². The van der Waals surface area contributed by atoms with Crippen LogP contribution >= 0.6 is 22.9 Å². The second-order valence-electron chi connectivity index (χ2n) is 10.5. The number of anilines is 1.